The van der Waals surface area contributed by atoms with Gasteiger partial charge in [-0.3, -0.25) is 14.4 Å². The summed E-state index contributed by atoms with van der Waals surface area (Å²) in [6.07, 6.45) is 0.737. The van der Waals surface area contributed by atoms with Gasteiger partial charge in [0.15, 0.2) is 5.78 Å². The molecule has 0 saturated carbocycles. The van der Waals surface area contributed by atoms with Crippen molar-refractivity contribution in [3.63, 3.8) is 0 Å². The van der Waals surface area contributed by atoms with Gasteiger partial charge in [0.1, 0.15) is 11.3 Å². The predicted molar refractivity (Wildman–Crippen MR) is 165 cm³/mol. The number of Topliss-reactive ketones (excluding diaryl/α,β-unsaturated/α-hetero) is 1. The summed E-state index contributed by atoms with van der Waals surface area (Å²) in [6.45, 7) is 2.15. The summed E-state index contributed by atoms with van der Waals surface area (Å²) >= 11 is 0. The summed E-state index contributed by atoms with van der Waals surface area (Å²) in [6, 6.07) is 19.7. The Morgan fingerprint density at radius 1 is 0.977 bits per heavy atom. The highest BCUT2D eigenvalue weighted by atomic mass is 32.2. The number of ketones is 1. The van der Waals surface area contributed by atoms with Gasteiger partial charge in [-0.05, 0) is 68.3 Å². The lowest BCUT2D eigenvalue weighted by molar-refractivity contribution is -0.149. The highest BCUT2D eigenvalue weighted by molar-refractivity contribution is 7.89. The van der Waals surface area contributed by atoms with Crippen LogP contribution >= 0.6 is 0 Å². The van der Waals surface area contributed by atoms with Crippen molar-refractivity contribution in [3.8, 4) is 5.75 Å². The van der Waals surface area contributed by atoms with E-state index < -0.39 is 15.9 Å². The molecule has 11 nitrogen and oxygen atoms in total. The molecule has 0 unspecified atom stereocenters. The van der Waals surface area contributed by atoms with Crippen molar-refractivity contribution in [2.75, 3.05) is 44.0 Å². The zero-order valence-corrected chi connectivity index (χ0v) is 25.2. The molecular weight excluding hydrogens is 586 g/mol. The molecule has 2 N–H and O–H groups in total. The zero-order valence-electron chi connectivity index (χ0n) is 24.4. The number of hydrogen-bond acceptors (Lipinski definition) is 9. The minimum Gasteiger partial charge on any atom is -0.497 e. The molecule has 1 aliphatic heterocycles. The molecule has 1 fully saturated rings. The lowest BCUT2D eigenvalue weighted by Crippen LogP contribution is -2.40. The molecule has 3 aromatic carbocycles. The number of nitrogens with zero attached hydrogens (tertiary/aromatic N) is 1. The van der Waals surface area contributed by atoms with Crippen LogP contribution in [0.15, 0.2) is 82.1 Å². The van der Waals surface area contributed by atoms with Crippen LogP contribution < -0.4 is 15.4 Å². The molecule has 4 aromatic rings. The number of carbonyl (C=O) groups excluding carboxylic acids is 3. The number of esters is 1. The monoisotopic (exact) mass is 619 g/mol. The largest absolute Gasteiger partial charge is 0.497 e. The Balaban J connectivity index is 1.30. The van der Waals surface area contributed by atoms with Crippen molar-refractivity contribution in [1.29, 1.82) is 0 Å². The van der Waals surface area contributed by atoms with Gasteiger partial charge in [-0.25, -0.2) is 8.42 Å². The first-order chi connectivity index (χ1) is 21.2. The van der Waals surface area contributed by atoms with Gasteiger partial charge in [-0.15, -0.1) is 0 Å². The summed E-state index contributed by atoms with van der Waals surface area (Å²) < 4.78 is 44.2. The first-order valence-electron chi connectivity index (χ1n) is 14.2. The molecule has 12 heteroatoms. The predicted octanol–water partition coefficient (Wildman–Crippen LogP) is 4.95. The van der Waals surface area contributed by atoms with Crippen molar-refractivity contribution in [1.82, 2.24) is 4.31 Å². The van der Waals surface area contributed by atoms with Gasteiger partial charge in [-0.1, -0.05) is 24.3 Å². The third kappa shape index (κ3) is 6.61. The van der Waals surface area contributed by atoms with Crippen molar-refractivity contribution < 1.29 is 36.7 Å². The van der Waals surface area contributed by atoms with E-state index in [0.29, 0.717) is 40.9 Å². The molecule has 0 bridgehead atoms. The van der Waals surface area contributed by atoms with E-state index in [1.54, 1.807) is 68.6 Å². The van der Waals surface area contributed by atoms with E-state index in [1.165, 1.54) is 22.5 Å². The number of benzene rings is 3. The molecule has 230 valence electrons. The molecule has 1 saturated heterocycles. The standard InChI is InChI=1S/C32H33N3O8S/c1-3-42-32(38)21-15-17-35(18-16-21)44(39,40)25-8-6-7-22(19-25)27(36)20-33-29-26-9-4-5-10-28(26)43-30(29)31(37)34-23-11-13-24(41-2)14-12-23/h4-14,19,21,33H,3,15-18,20H2,1-2H3,(H,34,37). The maximum atomic E-state index is 13.4. The molecule has 1 aliphatic rings. The zero-order chi connectivity index (χ0) is 31.3. The number of sulfonamides is 1. The number of rotatable bonds is 11. The van der Waals surface area contributed by atoms with Crippen molar-refractivity contribution in [2.45, 2.75) is 24.7 Å². The second-order valence-corrected chi connectivity index (χ2v) is 12.2. The van der Waals surface area contributed by atoms with Crippen LogP contribution in [0.3, 0.4) is 0 Å². The Morgan fingerprint density at radius 2 is 1.70 bits per heavy atom. The van der Waals surface area contributed by atoms with Crippen molar-refractivity contribution >= 4 is 50.0 Å². The number of carbonyl (C=O) groups is 3. The van der Waals surface area contributed by atoms with Crippen LogP contribution in [0.1, 0.15) is 40.7 Å². The third-order valence-electron chi connectivity index (χ3n) is 7.44. The third-order valence-corrected chi connectivity index (χ3v) is 9.34. The number of amides is 1. The van der Waals surface area contributed by atoms with E-state index in [9.17, 15) is 22.8 Å². The number of furan rings is 1. The van der Waals surface area contributed by atoms with E-state index in [1.807, 2.05) is 0 Å². The quantitative estimate of drug-likeness (QED) is 0.176. The normalized spacial score (nSPS) is 14.2. The highest BCUT2D eigenvalue weighted by Crippen LogP contribution is 2.32. The molecule has 1 amide bonds. The number of piperidine rings is 1. The topological polar surface area (TPSA) is 144 Å². The van der Waals surface area contributed by atoms with Gasteiger partial charge in [-0.2, -0.15) is 4.31 Å². The summed E-state index contributed by atoms with van der Waals surface area (Å²) in [4.78, 5) is 38.5. The molecule has 0 atom stereocenters. The van der Waals surface area contributed by atoms with Gasteiger partial charge in [0.2, 0.25) is 15.8 Å². The summed E-state index contributed by atoms with van der Waals surface area (Å²) in [5.74, 6) is -0.893. The maximum Gasteiger partial charge on any atom is 0.309 e. The SMILES string of the molecule is CCOC(=O)C1CCN(S(=O)(=O)c2cccc(C(=O)CNc3c(C(=O)Nc4ccc(OC)cc4)oc4ccccc34)c2)CC1. The number of anilines is 2. The van der Waals surface area contributed by atoms with E-state index in [-0.39, 0.29) is 60.1 Å². The van der Waals surface area contributed by atoms with Crippen LogP contribution in [0.4, 0.5) is 11.4 Å². The second-order valence-electron chi connectivity index (χ2n) is 10.2. The Morgan fingerprint density at radius 3 is 2.41 bits per heavy atom. The van der Waals surface area contributed by atoms with Crippen LogP contribution in [0.5, 0.6) is 5.75 Å². The van der Waals surface area contributed by atoms with Crippen LogP contribution in [-0.4, -0.2) is 63.7 Å². The fraction of sp³-hybridized carbons (Fsp3) is 0.281. The molecule has 0 spiro atoms. The van der Waals surface area contributed by atoms with Gasteiger partial charge >= 0.3 is 5.97 Å². The molecule has 2 heterocycles. The second kappa shape index (κ2) is 13.3. The number of hydrogen-bond donors (Lipinski definition) is 2. The van der Waals surface area contributed by atoms with E-state index in [4.69, 9.17) is 13.9 Å². The van der Waals surface area contributed by atoms with Crippen molar-refractivity contribution in [2.24, 2.45) is 5.92 Å². The Hall–Kier alpha value is -4.68. The molecule has 5 rings (SSSR count). The average molecular weight is 620 g/mol. The first kappa shape index (κ1) is 30.8. The molecular formula is C32H33N3O8S. The van der Waals surface area contributed by atoms with Crippen LogP contribution in [0.25, 0.3) is 11.0 Å². The summed E-state index contributed by atoms with van der Waals surface area (Å²) in [7, 11) is -2.34. The number of para-hydroxylation sites is 1. The molecule has 44 heavy (non-hydrogen) atoms. The summed E-state index contributed by atoms with van der Waals surface area (Å²) in [5, 5.41) is 6.44. The summed E-state index contributed by atoms with van der Waals surface area (Å²) in [5.41, 5.74) is 1.52. The van der Waals surface area contributed by atoms with Gasteiger partial charge in [0.05, 0.1) is 36.8 Å². The van der Waals surface area contributed by atoms with E-state index >= 15 is 0 Å². The van der Waals surface area contributed by atoms with Crippen LogP contribution in [-0.2, 0) is 19.6 Å². The maximum absolute atomic E-state index is 13.4. The number of fused-ring (bicyclic) bond motifs is 1. The highest BCUT2D eigenvalue weighted by Gasteiger charge is 2.33. The van der Waals surface area contributed by atoms with Gasteiger partial charge < -0.3 is 24.5 Å². The molecule has 0 aliphatic carbocycles. The van der Waals surface area contributed by atoms with E-state index in [0.717, 1.165) is 0 Å². The number of nitrogens with one attached hydrogen (secondary N) is 2. The minimum atomic E-state index is -3.89. The molecule has 0 radical (unpaired) electrons. The lowest BCUT2D eigenvalue weighted by Gasteiger charge is -2.30. The van der Waals surface area contributed by atoms with Gasteiger partial charge in [0, 0.05) is 29.7 Å². The number of ether oxygens (including phenoxy) is 2. The van der Waals surface area contributed by atoms with Crippen LogP contribution in [0, 0.1) is 5.92 Å². The molecule has 1 aromatic heterocycles. The van der Waals surface area contributed by atoms with Gasteiger partial charge in [0.25, 0.3) is 5.91 Å². The first-order valence-corrected chi connectivity index (χ1v) is 15.7. The van der Waals surface area contributed by atoms with Crippen molar-refractivity contribution in [3.05, 3.63) is 84.1 Å². The Kier molecular flexibility index (Phi) is 9.31. The fourth-order valence-electron chi connectivity index (χ4n) is 5.08. The Bertz CT molecular complexity index is 1770. The smallest absolute Gasteiger partial charge is 0.309 e. The average Bonchev–Trinajstić information content (AvgIpc) is 3.43. The van der Waals surface area contributed by atoms with Crippen LogP contribution in [0.2, 0.25) is 0 Å². The van der Waals surface area contributed by atoms with E-state index in [2.05, 4.69) is 10.6 Å². The number of methoxy groups -OCH3 is 1. The lowest BCUT2D eigenvalue weighted by atomic mass is 9.98. The minimum absolute atomic E-state index is 0.00244. The Labute approximate surface area is 255 Å². The fourth-order valence-corrected chi connectivity index (χ4v) is 6.60.